The smallest absolute Gasteiger partial charge is 0.341 e. The maximum atomic E-state index is 12.7. The van der Waals surface area contributed by atoms with Crippen molar-refractivity contribution in [2.75, 3.05) is 14.2 Å². The number of carboxylic acids is 1. The number of halogens is 1. The Bertz CT molecular complexity index is 761. The molecule has 0 saturated carbocycles. The predicted octanol–water partition coefficient (Wildman–Crippen LogP) is 1.91. The second-order valence-corrected chi connectivity index (χ2v) is 7.74. The van der Waals surface area contributed by atoms with Gasteiger partial charge in [-0.3, -0.25) is 4.79 Å². The third kappa shape index (κ3) is 5.32. The first-order valence-electron chi connectivity index (χ1n) is 7.24. The second-order valence-electron chi connectivity index (χ2n) is 5.62. The normalized spacial score (nSPS) is 12.7. The van der Waals surface area contributed by atoms with Gasteiger partial charge in [0, 0.05) is 5.02 Å². The van der Waals surface area contributed by atoms with Crippen molar-refractivity contribution in [1.82, 2.24) is 4.72 Å². The Kier molecular flexibility index (Phi) is 7.21. The Hall–Kier alpha value is -1.84. The van der Waals surface area contributed by atoms with Gasteiger partial charge < -0.3 is 14.6 Å². The van der Waals surface area contributed by atoms with Crippen molar-refractivity contribution in [2.45, 2.75) is 31.2 Å². The molecule has 1 atom stereocenters. The lowest BCUT2D eigenvalue weighted by molar-refractivity contribution is -0.139. The number of hydrogen-bond donors (Lipinski definition) is 2. The van der Waals surface area contributed by atoms with Crippen LogP contribution in [0.5, 0.6) is 5.75 Å². The summed E-state index contributed by atoms with van der Waals surface area (Å²) in [5.74, 6) is -2.49. The molecule has 0 fully saturated rings. The number of carboxylic acid groups (broad SMARTS) is 1. The van der Waals surface area contributed by atoms with Crippen LogP contribution in [0.2, 0.25) is 5.02 Å². The molecule has 0 aliphatic heterocycles. The van der Waals surface area contributed by atoms with Crippen LogP contribution in [0.4, 0.5) is 0 Å². The minimum atomic E-state index is -4.33. The summed E-state index contributed by atoms with van der Waals surface area (Å²) in [6, 6.07) is 0.938. The number of nitrogens with one attached hydrogen (secondary N) is 1. The summed E-state index contributed by atoms with van der Waals surface area (Å²) in [6.07, 6.45) is 0.0846. The highest BCUT2D eigenvalue weighted by atomic mass is 35.5. The highest BCUT2D eigenvalue weighted by molar-refractivity contribution is 7.89. The summed E-state index contributed by atoms with van der Waals surface area (Å²) in [6.45, 7) is 3.53. The van der Waals surface area contributed by atoms with Crippen LogP contribution in [0.25, 0.3) is 0 Å². The molecular formula is C15H20ClNO7S. The zero-order valence-corrected chi connectivity index (χ0v) is 15.8. The molecule has 0 saturated heterocycles. The summed E-state index contributed by atoms with van der Waals surface area (Å²) >= 11 is 5.90. The van der Waals surface area contributed by atoms with Crippen molar-refractivity contribution in [3.63, 3.8) is 0 Å². The quantitative estimate of drug-likeness (QED) is 0.647. The molecule has 0 amide bonds. The fourth-order valence-electron chi connectivity index (χ4n) is 2.16. The van der Waals surface area contributed by atoms with Crippen LogP contribution < -0.4 is 9.46 Å². The van der Waals surface area contributed by atoms with Crippen LogP contribution in [0.15, 0.2) is 17.0 Å². The number of esters is 1. The Morgan fingerprint density at radius 2 is 1.88 bits per heavy atom. The standard InChI is InChI=1S/C15H20ClNO7S/c1-8(2)5-11(14(18)19)17-25(21,22)12-7-9(16)6-10(13(12)23-3)15(20)24-4/h6-8,11,17H,5H2,1-4H3,(H,18,19)/t11-/m1/s1. The first-order valence-corrected chi connectivity index (χ1v) is 9.10. The van der Waals surface area contributed by atoms with Gasteiger partial charge in [-0.15, -0.1) is 0 Å². The van der Waals surface area contributed by atoms with E-state index >= 15 is 0 Å². The molecule has 0 spiro atoms. The lowest BCUT2D eigenvalue weighted by Crippen LogP contribution is -2.41. The van der Waals surface area contributed by atoms with Crippen LogP contribution >= 0.6 is 11.6 Å². The van der Waals surface area contributed by atoms with Crippen LogP contribution in [0.3, 0.4) is 0 Å². The number of ether oxygens (including phenoxy) is 2. The molecule has 1 rings (SSSR count). The Morgan fingerprint density at radius 1 is 1.28 bits per heavy atom. The summed E-state index contributed by atoms with van der Waals surface area (Å²) in [5.41, 5.74) is -0.186. The van der Waals surface area contributed by atoms with Gasteiger partial charge in [0.1, 0.15) is 16.5 Å². The van der Waals surface area contributed by atoms with Crippen molar-refractivity contribution in [3.05, 3.63) is 22.7 Å². The molecule has 0 heterocycles. The molecule has 2 N–H and O–H groups in total. The number of benzene rings is 1. The third-order valence-electron chi connectivity index (χ3n) is 3.22. The molecule has 0 bridgehead atoms. The van der Waals surface area contributed by atoms with Crippen LogP contribution in [-0.4, -0.2) is 45.7 Å². The van der Waals surface area contributed by atoms with E-state index in [1.165, 1.54) is 13.2 Å². The molecule has 0 radical (unpaired) electrons. The van der Waals surface area contributed by atoms with Crippen LogP contribution in [0.1, 0.15) is 30.6 Å². The van der Waals surface area contributed by atoms with Crippen molar-refractivity contribution < 1.29 is 32.6 Å². The van der Waals surface area contributed by atoms with E-state index in [4.69, 9.17) is 16.3 Å². The molecule has 0 aromatic heterocycles. The fourth-order valence-corrected chi connectivity index (χ4v) is 3.86. The fraction of sp³-hybridized carbons (Fsp3) is 0.467. The largest absolute Gasteiger partial charge is 0.494 e. The summed E-state index contributed by atoms with van der Waals surface area (Å²) < 4.78 is 37.0. The van der Waals surface area contributed by atoms with E-state index in [1.54, 1.807) is 13.8 Å². The van der Waals surface area contributed by atoms with Gasteiger partial charge in [-0.25, -0.2) is 13.2 Å². The molecule has 0 aliphatic rings. The molecule has 25 heavy (non-hydrogen) atoms. The number of carbonyl (C=O) groups is 2. The summed E-state index contributed by atoms with van der Waals surface area (Å²) in [5, 5.41) is 9.19. The lowest BCUT2D eigenvalue weighted by atomic mass is 10.1. The molecule has 1 aromatic carbocycles. The molecule has 1 aromatic rings. The lowest BCUT2D eigenvalue weighted by Gasteiger charge is -2.19. The molecule has 0 unspecified atom stereocenters. The van der Waals surface area contributed by atoms with Gasteiger partial charge in [-0.05, 0) is 24.5 Å². The minimum absolute atomic E-state index is 0.0442. The van der Waals surface area contributed by atoms with E-state index in [1.807, 2.05) is 0 Å². The van der Waals surface area contributed by atoms with Gasteiger partial charge in [0.15, 0.2) is 5.75 Å². The maximum Gasteiger partial charge on any atom is 0.341 e. The van der Waals surface area contributed by atoms with E-state index in [9.17, 15) is 23.1 Å². The average molecular weight is 394 g/mol. The molecule has 10 heteroatoms. The number of carbonyl (C=O) groups excluding carboxylic acids is 1. The predicted molar refractivity (Wildman–Crippen MR) is 90.5 cm³/mol. The first-order chi connectivity index (χ1) is 11.5. The van der Waals surface area contributed by atoms with Gasteiger partial charge in [0.2, 0.25) is 10.0 Å². The first kappa shape index (κ1) is 21.2. The SMILES string of the molecule is COC(=O)c1cc(Cl)cc(S(=O)(=O)N[C@H](CC(C)C)C(=O)O)c1OC. The monoisotopic (exact) mass is 393 g/mol. The van der Waals surface area contributed by atoms with Gasteiger partial charge in [-0.1, -0.05) is 25.4 Å². The molecule has 8 nitrogen and oxygen atoms in total. The van der Waals surface area contributed by atoms with Gasteiger partial charge in [0.05, 0.1) is 14.2 Å². The van der Waals surface area contributed by atoms with Crippen molar-refractivity contribution in [3.8, 4) is 5.75 Å². The number of methoxy groups -OCH3 is 2. The van der Waals surface area contributed by atoms with Gasteiger partial charge in [0.25, 0.3) is 0 Å². The summed E-state index contributed by atoms with van der Waals surface area (Å²) in [4.78, 5) is 22.7. The molecular weight excluding hydrogens is 374 g/mol. The Morgan fingerprint density at radius 3 is 2.32 bits per heavy atom. The maximum absolute atomic E-state index is 12.7. The van der Waals surface area contributed by atoms with E-state index in [0.29, 0.717) is 0 Å². The van der Waals surface area contributed by atoms with E-state index < -0.39 is 32.9 Å². The number of hydrogen-bond acceptors (Lipinski definition) is 6. The highest BCUT2D eigenvalue weighted by Crippen LogP contribution is 2.32. The highest BCUT2D eigenvalue weighted by Gasteiger charge is 2.31. The summed E-state index contributed by atoms with van der Waals surface area (Å²) in [7, 11) is -2.03. The second kappa shape index (κ2) is 8.50. The third-order valence-corrected chi connectivity index (χ3v) is 4.92. The van der Waals surface area contributed by atoms with Gasteiger partial charge >= 0.3 is 11.9 Å². The van der Waals surface area contributed by atoms with E-state index in [0.717, 1.165) is 13.2 Å². The Balaban J connectivity index is 3.44. The zero-order valence-electron chi connectivity index (χ0n) is 14.2. The molecule has 0 aliphatic carbocycles. The molecule has 140 valence electrons. The zero-order chi connectivity index (χ0) is 19.4. The van der Waals surface area contributed by atoms with Gasteiger partial charge in [-0.2, -0.15) is 4.72 Å². The topological polar surface area (TPSA) is 119 Å². The average Bonchev–Trinajstić information content (AvgIpc) is 2.51. The number of sulfonamides is 1. The minimum Gasteiger partial charge on any atom is -0.494 e. The number of aliphatic carboxylic acids is 1. The van der Waals surface area contributed by atoms with E-state index in [-0.39, 0.29) is 28.7 Å². The van der Waals surface area contributed by atoms with Crippen LogP contribution in [0, 0.1) is 5.92 Å². The Labute approximate surface area is 151 Å². The van der Waals surface area contributed by atoms with Crippen molar-refractivity contribution in [1.29, 1.82) is 0 Å². The van der Waals surface area contributed by atoms with Crippen molar-refractivity contribution >= 4 is 33.6 Å². The van der Waals surface area contributed by atoms with E-state index in [2.05, 4.69) is 9.46 Å². The number of rotatable bonds is 8. The van der Waals surface area contributed by atoms with Crippen molar-refractivity contribution in [2.24, 2.45) is 5.92 Å². The van der Waals surface area contributed by atoms with Crippen LogP contribution in [-0.2, 0) is 19.6 Å².